The Balaban J connectivity index is 1.44. The Bertz CT molecular complexity index is 1030. The van der Waals surface area contributed by atoms with Crippen molar-refractivity contribution in [2.75, 3.05) is 31.6 Å². The first-order valence-electron chi connectivity index (χ1n) is 10.0. The van der Waals surface area contributed by atoms with Crippen molar-refractivity contribution in [3.8, 4) is 11.3 Å². The van der Waals surface area contributed by atoms with Gasteiger partial charge >= 0.3 is 6.03 Å². The highest BCUT2D eigenvalue weighted by Crippen LogP contribution is 2.33. The normalized spacial score (nSPS) is 18.4. The Morgan fingerprint density at radius 1 is 1.07 bits per heavy atom. The molecule has 0 bridgehead atoms. The molecule has 29 heavy (non-hydrogen) atoms. The van der Waals surface area contributed by atoms with Crippen LogP contribution in [-0.2, 0) is 9.47 Å². The van der Waals surface area contributed by atoms with Gasteiger partial charge < -0.3 is 14.4 Å². The number of aromatic nitrogens is 2. The average molecular weight is 392 g/mol. The SMILES string of the molecule is Cc1cccn2c(NC(=O)N3CCC4(CC3)OCCO4)c(-c3ccccc3)nc12. The second-order valence-electron chi connectivity index (χ2n) is 7.58. The number of aryl methyl sites for hydroxylation is 1. The first-order chi connectivity index (χ1) is 14.2. The Hall–Kier alpha value is -2.90. The van der Waals surface area contributed by atoms with Crippen molar-refractivity contribution in [1.82, 2.24) is 14.3 Å². The van der Waals surface area contributed by atoms with E-state index < -0.39 is 5.79 Å². The van der Waals surface area contributed by atoms with Gasteiger partial charge in [0.05, 0.1) is 13.2 Å². The first kappa shape index (κ1) is 18.1. The van der Waals surface area contributed by atoms with Crippen molar-refractivity contribution in [3.63, 3.8) is 0 Å². The smallest absolute Gasteiger partial charge is 0.323 e. The molecule has 2 saturated heterocycles. The largest absolute Gasteiger partial charge is 0.347 e. The van der Waals surface area contributed by atoms with E-state index in [0.717, 1.165) is 22.5 Å². The lowest BCUT2D eigenvalue weighted by Gasteiger charge is -2.37. The van der Waals surface area contributed by atoms with Gasteiger partial charge in [-0.05, 0) is 18.6 Å². The Morgan fingerprint density at radius 2 is 1.79 bits per heavy atom. The lowest BCUT2D eigenvalue weighted by molar-refractivity contribution is -0.181. The predicted octanol–water partition coefficient (Wildman–Crippen LogP) is 3.68. The van der Waals surface area contributed by atoms with Gasteiger partial charge in [0.1, 0.15) is 17.2 Å². The number of anilines is 1. The summed E-state index contributed by atoms with van der Waals surface area (Å²) in [6.45, 7) is 4.49. The molecule has 1 spiro atoms. The summed E-state index contributed by atoms with van der Waals surface area (Å²) in [6, 6.07) is 13.8. The van der Waals surface area contributed by atoms with Crippen LogP contribution in [0.4, 0.5) is 10.6 Å². The van der Waals surface area contributed by atoms with Gasteiger partial charge in [-0.15, -0.1) is 0 Å². The number of urea groups is 1. The number of ether oxygens (including phenoxy) is 2. The number of rotatable bonds is 2. The lowest BCUT2D eigenvalue weighted by Crippen LogP contribution is -2.48. The molecule has 1 N–H and O–H groups in total. The minimum atomic E-state index is -0.494. The fourth-order valence-electron chi connectivity index (χ4n) is 4.14. The number of fused-ring (bicyclic) bond motifs is 1. The molecule has 150 valence electrons. The molecule has 2 aromatic heterocycles. The van der Waals surface area contributed by atoms with Crippen LogP contribution in [0.2, 0.25) is 0 Å². The van der Waals surface area contributed by atoms with Crippen LogP contribution in [0.15, 0.2) is 48.7 Å². The molecule has 2 amide bonds. The molecule has 5 rings (SSSR count). The molecule has 3 aromatic rings. The van der Waals surface area contributed by atoms with Crippen molar-refractivity contribution in [2.24, 2.45) is 0 Å². The van der Waals surface area contributed by atoms with Gasteiger partial charge in [-0.25, -0.2) is 9.78 Å². The number of carbonyl (C=O) groups excluding carboxylic acids is 1. The topological polar surface area (TPSA) is 68.1 Å². The molecule has 1 aromatic carbocycles. The van der Waals surface area contributed by atoms with Gasteiger partial charge in [0.25, 0.3) is 0 Å². The highest BCUT2D eigenvalue weighted by Gasteiger charge is 2.41. The maximum absolute atomic E-state index is 13.1. The van der Waals surface area contributed by atoms with E-state index in [1.807, 2.05) is 64.9 Å². The Kier molecular flexibility index (Phi) is 4.49. The Labute approximate surface area is 169 Å². The van der Waals surface area contributed by atoms with Crippen molar-refractivity contribution in [3.05, 3.63) is 54.2 Å². The minimum Gasteiger partial charge on any atom is -0.347 e. The molecule has 0 unspecified atom stereocenters. The number of nitrogens with one attached hydrogen (secondary N) is 1. The van der Waals surface area contributed by atoms with E-state index in [1.165, 1.54) is 0 Å². The maximum Gasteiger partial charge on any atom is 0.323 e. The van der Waals surface area contributed by atoms with Crippen LogP contribution in [0, 0.1) is 6.92 Å². The molecule has 7 heteroatoms. The van der Waals surface area contributed by atoms with Crippen molar-refractivity contribution in [2.45, 2.75) is 25.6 Å². The van der Waals surface area contributed by atoms with Crippen molar-refractivity contribution < 1.29 is 14.3 Å². The second kappa shape index (κ2) is 7.17. The summed E-state index contributed by atoms with van der Waals surface area (Å²) in [5.74, 6) is 0.195. The fourth-order valence-corrected chi connectivity index (χ4v) is 4.14. The first-order valence-corrected chi connectivity index (χ1v) is 10.0. The number of hydrogen-bond acceptors (Lipinski definition) is 4. The Morgan fingerprint density at radius 3 is 2.52 bits per heavy atom. The highest BCUT2D eigenvalue weighted by atomic mass is 16.7. The monoisotopic (exact) mass is 392 g/mol. The molecule has 0 atom stereocenters. The molecule has 4 heterocycles. The summed E-state index contributed by atoms with van der Waals surface area (Å²) in [6.07, 6.45) is 3.32. The number of benzene rings is 1. The molecule has 2 aliphatic rings. The van der Waals surface area contributed by atoms with Crippen LogP contribution in [0.25, 0.3) is 16.9 Å². The lowest BCUT2D eigenvalue weighted by atomic mass is 10.0. The van der Waals surface area contributed by atoms with Crippen LogP contribution < -0.4 is 5.32 Å². The van der Waals surface area contributed by atoms with Gasteiger partial charge in [0.15, 0.2) is 5.79 Å². The molecular formula is C22H24N4O3. The maximum atomic E-state index is 13.1. The number of pyridine rings is 1. The zero-order valence-corrected chi connectivity index (χ0v) is 16.4. The van der Waals surface area contributed by atoms with Crippen LogP contribution >= 0.6 is 0 Å². The summed E-state index contributed by atoms with van der Waals surface area (Å²) < 4.78 is 13.5. The summed E-state index contributed by atoms with van der Waals surface area (Å²) >= 11 is 0. The fraction of sp³-hybridized carbons (Fsp3) is 0.364. The molecule has 0 radical (unpaired) electrons. The van der Waals surface area contributed by atoms with Gasteiger partial charge in [0.2, 0.25) is 0 Å². The van der Waals surface area contributed by atoms with Crippen molar-refractivity contribution >= 4 is 17.5 Å². The van der Waals surface area contributed by atoms with Crippen molar-refractivity contribution in [1.29, 1.82) is 0 Å². The number of piperidine rings is 1. The summed E-state index contributed by atoms with van der Waals surface area (Å²) in [4.78, 5) is 19.7. The van der Waals surface area contributed by atoms with Crippen LogP contribution in [-0.4, -0.2) is 52.4 Å². The second-order valence-corrected chi connectivity index (χ2v) is 7.58. The van der Waals surface area contributed by atoms with E-state index in [1.54, 1.807) is 0 Å². The van der Waals surface area contributed by atoms with Crippen LogP contribution in [0.1, 0.15) is 18.4 Å². The highest BCUT2D eigenvalue weighted by molar-refractivity contribution is 5.93. The number of imidazole rings is 1. The molecular weight excluding hydrogens is 368 g/mol. The van der Waals surface area contributed by atoms with Crippen LogP contribution in [0.3, 0.4) is 0 Å². The van der Waals surface area contributed by atoms with E-state index in [4.69, 9.17) is 14.5 Å². The molecule has 2 aliphatic heterocycles. The number of hydrogen-bond donors (Lipinski definition) is 1. The van der Waals surface area contributed by atoms with E-state index in [2.05, 4.69) is 5.32 Å². The van der Waals surface area contributed by atoms with E-state index in [0.29, 0.717) is 45.0 Å². The molecule has 2 fully saturated rings. The van der Waals surface area contributed by atoms with Crippen LogP contribution in [0.5, 0.6) is 0 Å². The number of likely N-dealkylation sites (tertiary alicyclic amines) is 1. The summed E-state index contributed by atoms with van der Waals surface area (Å²) in [7, 11) is 0. The third kappa shape index (κ3) is 3.26. The number of nitrogens with zero attached hydrogens (tertiary/aromatic N) is 3. The van der Waals surface area contributed by atoms with E-state index in [-0.39, 0.29) is 6.03 Å². The van der Waals surface area contributed by atoms with E-state index >= 15 is 0 Å². The zero-order chi connectivity index (χ0) is 19.8. The number of carbonyl (C=O) groups is 1. The standard InChI is InChI=1S/C22H24N4O3/c1-16-6-5-11-26-19(16)23-18(17-7-3-2-4-8-17)20(26)24-21(27)25-12-9-22(10-13-25)28-14-15-29-22/h2-8,11H,9-10,12-15H2,1H3,(H,24,27). The average Bonchev–Trinajstić information content (AvgIpc) is 3.35. The minimum absolute atomic E-state index is 0.127. The molecule has 0 aliphatic carbocycles. The van der Waals surface area contributed by atoms with Gasteiger partial charge in [-0.1, -0.05) is 36.4 Å². The predicted molar refractivity (Wildman–Crippen MR) is 110 cm³/mol. The van der Waals surface area contributed by atoms with Gasteiger partial charge in [-0.2, -0.15) is 0 Å². The molecule has 0 saturated carbocycles. The molecule has 7 nitrogen and oxygen atoms in total. The third-order valence-electron chi connectivity index (χ3n) is 5.74. The summed E-state index contributed by atoms with van der Waals surface area (Å²) in [5, 5.41) is 3.11. The third-order valence-corrected chi connectivity index (χ3v) is 5.74. The van der Waals surface area contributed by atoms with Gasteiger partial charge in [-0.3, -0.25) is 9.72 Å². The van der Waals surface area contributed by atoms with Gasteiger partial charge in [0, 0.05) is 37.7 Å². The quantitative estimate of drug-likeness (QED) is 0.722. The zero-order valence-electron chi connectivity index (χ0n) is 16.4. The van der Waals surface area contributed by atoms with E-state index in [9.17, 15) is 4.79 Å². The number of amides is 2. The summed E-state index contributed by atoms with van der Waals surface area (Å²) in [5.41, 5.74) is 3.63.